The zero-order valence-corrected chi connectivity index (χ0v) is 18.3. The van der Waals surface area contributed by atoms with E-state index in [2.05, 4.69) is 11.8 Å². The van der Waals surface area contributed by atoms with Crippen LogP contribution in [0.25, 0.3) is 0 Å². The van der Waals surface area contributed by atoms with Crippen molar-refractivity contribution in [3.8, 4) is 0 Å². The third-order valence-electron chi connectivity index (χ3n) is 6.69. The Balaban J connectivity index is 1.61. The Morgan fingerprint density at radius 2 is 1.82 bits per heavy atom. The number of rotatable bonds is 7. The van der Waals surface area contributed by atoms with Gasteiger partial charge in [0, 0.05) is 13.0 Å². The standard InChI is InChI=1S/C20H35N3O4S/c1-4-6-16-19-17(23(20(16)25)28(3,26)27)10-14-22(19)18(24)7-5-11-21-12-8-15(2)9-13-21/h15-17,19H,4-14H2,1-3H3/t16-,17+,19-/m1/s1. The maximum atomic E-state index is 12.9. The molecule has 3 aliphatic rings. The molecule has 0 aliphatic carbocycles. The molecule has 7 nitrogen and oxygen atoms in total. The first kappa shape index (κ1) is 21.6. The molecule has 28 heavy (non-hydrogen) atoms. The van der Waals surface area contributed by atoms with E-state index in [0.717, 1.165) is 49.0 Å². The van der Waals surface area contributed by atoms with Crippen LogP contribution in [0.3, 0.4) is 0 Å². The van der Waals surface area contributed by atoms with Crippen LogP contribution in [0.5, 0.6) is 0 Å². The Labute approximate surface area is 169 Å². The van der Waals surface area contributed by atoms with Gasteiger partial charge in [0.05, 0.1) is 24.3 Å². The molecule has 3 aliphatic heterocycles. The largest absolute Gasteiger partial charge is 0.337 e. The number of nitrogens with zero attached hydrogens (tertiary/aromatic N) is 3. The molecule has 0 N–H and O–H groups in total. The van der Waals surface area contributed by atoms with Crippen LogP contribution in [-0.4, -0.2) is 78.9 Å². The normalized spacial score (nSPS) is 29.5. The highest BCUT2D eigenvalue weighted by molar-refractivity contribution is 7.88. The van der Waals surface area contributed by atoms with Gasteiger partial charge in [0.15, 0.2) is 0 Å². The molecule has 8 heteroatoms. The molecule has 2 amide bonds. The molecule has 0 unspecified atom stereocenters. The van der Waals surface area contributed by atoms with Crippen molar-refractivity contribution in [2.24, 2.45) is 11.8 Å². The number of piperidine rings is 1. The Morgan fingerprint density at radius 1 is 1.14 bits per heavy atom. The van der Waals surface area contributed by atoms with Gasteiger partial charge in [0.1, 0.15) is 0 Å². The van der Waals surface area contributed by atoms with E-state index in [4.69, 9.17) is 0 Å². The van der Waals surface area contributed by atoms with Crippen LogP contribution in [-0.2, 0) is 19.6 Å². The fraction of sp³-hybridized carbons (Fsp3) is 0.900. The average molecular weight is 414 g/mol. The Morgan fingerprint density at radius 3 is 2.43 bits per heavy atom. The van der Waals surface area contributed by atoms with Crippen LogP contribution < -0.4 is 0 Å². The summed E-state index contributed by atoms with van der Waals surface area (Å²) in [4.78, 5) is 29.9. The monoisotopic (exact) mass is 413 g/mol. The van der Waals surface area contributed by atoms with E-state index in [1.54, 1.807) is 0 Å². The van der Waals surface area contributed by atoms with Crippen molar-refractivity contribution in [3.63, 3.8) is 0 Å². The minimum absolute atomic E-state index is 0.0714. The highest BCUT2D eigenvalue weighted by atomic mass is 32.2. The molecule has 3 heterocycles. The molecule has 0 bridgehead atoms. The number of fused-ring (bicyclic) bond motifs is 1. The summed E-state index contributed by atoms with van der Waals surface area (Å²) in [5, 5.41) is 0. The number of carbonyl (C=O) groups is 2. The maximum absolute atomic E-state index is 12.9. The van der Waals surface area contributed by atoms with Crippen LogP contribution in [0.4, 0.5) is 0 Å². The van der Waals surface area contributed by atoms with Crippen molar-refractivity contribution in [2.45, 2.75) is 70.9 Å². The maximum Gasteiger partial charge on any atom is 0.241 e. The molecule has 3 rings (SSSR count). The number of hydrogen-bond acceptors (Lipinski definition) is 5. The SMILES string of the molecule is CCC[C@H]1C(=O)N(S(C)(=O)=O)[C@H]2CCN(C(=O)CCCN3CCC(C)CC3)[C@H]12. The van der Waals surface area contributed by atoms with Crippen LogP contribution >= 0.6 is 0 Å². The second-order valence-corrected chi connectivity index (χ2v) is 10.7. The second-order valence-electron chi connectivity index (χ2n) is 8.85. The van der Waals surface area contributed by atoms with Crippen molar-refractivity contribution in [1.29, 1.82) is 0 Å². The zero-order chi connectivity index (χ0) is 20.5. The third kappa shape index (κ3) is 4.37. The van der Waals surface area contributed by atoms with Gasteiger partial charge in [-0.3, -0.25) is 9.59 Å². The summed E-state index contributed by atoms with van der Waals surface area (Å²) >= 11 is 0. The molecule has 0 aromatic heterocycles. The van der Waals surface area contributed by atoms with Crippen molar-refractivity contribution in [2.75, 3.05) is 32.4 Å². The topological polar surface area (TPSA) is 78.0 Å². The van der Waals surface area contributed by atoms with E-state index in [9.17, 15) is 18.0 Å². The minimum atomic E-state index is -3.60. The summed E-state index contributed by atoms with van der Waals surface area (Å²) in [6.07, 6.45) is 6.83. The molecule has 3 fully saturated rings. The van der Waals surface area contributed by atoms with Gasteiger partial charge >= 0.3 is 0 Å². The number of sulfonamides is 1. The molecule has 0 aromatic rings. The average Bonchev–Trinajstić information content (AvgIpc) is 3.15. The Hall–Kier alpha value is -1.15. The van der Waals surface area contributed by atoms with E-state index in [-0.39, 0.29) is 29.8 Å². The lowest BCUT2D eigenvalue weighted by molar-refractivity contribution is -0.134. The smallest absolute Gasteiger partial charge is 0.241 e. The molecule has 3 atom stereocenters. The molecule has 0 saturated carbocycles. The molecule has 160 valence electrons. The van der Waals surface area contributed by atoms with Gasteiger partial charge in [-0.2, -0.15) is 0 Å². The fourth-order valence-corrected chi connectivity index (χ4v) is 6.39. The molecule has 3 saturated heterocycles. The summed E-state index contributed by atoms with van der Waals surface area (Å²) in [6, 6.07) is -0.669. The zero-order valence-electron chi connectivity index (χ0n) is 17.5. The third-order valence-corrected chi connectivity index (χ3v) is 7.85. The van der Waals surface area contributed by atoms with E-state index in [1.807, 2.05) is 11.8 Å². The molecule has 0 aromatic carbocycles. The van der Waals surface area contributed by atoms with Gasteiger partial charge < -0.3 is 9.80 Å². The van der Waals surface area contributed by atoms with Crippen LogP contribution in [0, 0.1) is 11.8 Å². The predicted octanol–water partition coefficient (Wildman–Crippen LogP) is 1.69. The Kier molecular flexibility index (Phi) is 6.69. The number of likely N-dealkylation sites (tertiary alicyclic amines) is 2. The van der Waals surface area contributed by atoms with Gasteiger partial charge in [-0.25, -0.2) is 12.7 Å². The van der Waals surface area contributed by atoms with E-state index >= 15 is 0 Å². The van der Waals surface area contributed by atoms with Crippen LogP contribution in [0.2, 0.25) is 0 Å². The van der Waals surface area contributed by atoms with Gasteiger partial charge in [0.2, 0.25) is 21.8 Å². The highest BCUT2D eigenvalue weighted by Crippen LogP contribution is 2.40. The van der Waals surface area contributed by atoms with Gasteiger partial charge in [-0.05, 0) is 57.7 Å². The second kappa shape index (κ2) is 8.69. The van der Waals surface area contributed by atoms with Crippen molar-refractivity contribution >= 4 is 21.8 Å². The summed E-state index contributed by atoms with van der Waals surface area (Å²) in [6.45, 7) is 7.99. The molecule has 0 radical (unpaired) electrons. The van der Waals surface area contributed by atoms with Gasteiger partial charge in [-0.15, -0.1) is 0 Å². The molecule has 0 spiro atoms. The van der Waals surface area contributed by atoms with E-state index < -0.39 is 10.0 Å². The van der Waals surface area contributed by atoms with Crippen molar-refractivity contribution in [3.05, 3.63) is 0 Å². The number of amides is 2. The highest BCUT2D eigenvalue weighted by Gasteiger charge is 2.56. The van der Waals surface area contributed by atoms with Crippen molar-refractivity contribution in [1.82, 2.24) is 14.1 Å². The first-order chi connectivity index (χ1) is 13.2. The summed E-state index contributed by atoms with van der Waals surface area (Å²) in [7, 11) is -3.60. The van der Waals surface area contributed by atoms with Crippen molar-refractivity contribution < 1.29 is 18.0 Å². The fourth-order valence-electron chi connectivity index (χ4n) is 5.20. The lowest BCUT2D eigenvalue weighted by atomic mass is 9.94. The lowest BCUT2D eigenvalue weighted by Crippen LogP contribution is -2.43. The van der Waals surface area contributed by atoms with Crippen LogP contribution in [0.1, 0.15) is 58.8 Å². The lowest BCUT2D eigenvalue weighted by Gasteiger charge is -2.31. The number of carbonyl (C=O) groups excluding carboxylic acids is 2. The Bertz CT molecular complexity index is 688. The van der Waals surface area contributed by atoms with E-state index in [1.165, 1.54) is 12.8 Å². The first-order valence-electron chi connectivity index (χ1n) is 10.8. The number of hydrogen-bond donors (Lipinski definition) is 0. The summed E-state index contributed by atoms with van der Waals surface area (Å²) < 4.78 is 25.4. The van der Waals surface area contributed by atoms with Crippen LogP contribution in [0.15, 0.2) is 0 Å². The first-order valence-corrected chi connectivity index (χ1v) is 12.6. The van der Waals surface area contributed by atoms with E-state index in [0.29, 0.717) is 25.8 Å². The minimum Gasteiger partial charge on any atom is -0.337 e. The predicted molar refractivity (Wildman–Crippen MR) is 108 cm³/mol. The van der Waals surface area contributed by atoms with Gasteiger partial charge in [-0.1, -0.05) is 20.3 Å². The molecular formula is C20H35N3O4S. The summed E-state index contributed by atoms with van der Waals surface area (Å²) in [5.74, 6) is 0.161. The quantitative estimate of drug-likeness (QED) is 0.635. The molecular weight excluding hydrogens is 378 g/mol. The summed E-state index contributed by atoms with van der Waals surface area (Å²) in [5.41, 5.74) is 0. The van der Waals surface area contributed by atoms with Gasteiger partial charge in [0.25, 0.3) is 0 Å².